The van der Waals surface area contributed by atoms with Gasteiger partial charge in [0.25, 0.3) is 0 Å². The van der Waals surface area contributed by atoms with Gasteiger partial charge in [-0.2, -0.15) is 0 Å². The van der Waals surface area contributed by atoms with Gasteiger partial charge in [0.15, 0.2) is 8.96 Å². The van der Waals surface area contributed by atoms with Gasteiger partial charge in [-0.1, -0.05) is 11.3 Å². The van der Waals surface area contributed by atoms with Gasteiger partial charge in [0, 0.05) is 26.3 Å². The average molecular weight is 286 g/mol. The Labute approximate surface area is 114 Å². The van der Waals surface area contributed by atoms with Crippen molar-refractivity contribution < 1.29 is 0 Å². The van der Waals surface area contributed by atoms with Gasteiger partial charge < -0.3 is 9.47 Å². The summed E-state index contributed by atoms with van der Waals surface area (Å²) in [5.74, 6) is 0. The summed E-state index contributed by atoms with van der Waals surface area (Å²) in [5, 5.41) is 10.4. The van der Waals surface area contributed by atoms with E-state index >= 15 is 0 Å². The SMILES string of the molecule is CCN(C)c1nnc(-c2sc(=S)n(C)c2C)s1. The quantitative estimate of drug-likeness (QED) is 0.812. The van der Waals surface area contributed by atoms with E-state index in [1.807, 2.05) is 18.7 Å². The van der Waals surface area contributed by atoms with Crippen molar-refractivity contribution in [2.24, 2.45) is 7.05 Å². The molecule has 2 heterocycles. The molecule has 0 atom stereocenters. The molecule has 0 aliphatic heterocycles. The number of hydrogen-bond donors (Lipinski definition) is 0. The highest BCUT2D eigenvalue weighted by molar-refractivity contribution is 7.73. The molecule has 0 aromatic carbocycles. The van der Waals surface area contributed by atoms with Gasteiger partial charge in [-0.05, 0) is 26.1 Å². The molecule has 0 amide bonds. The molecule has 0 bridgehead atoms. The number of rotatable bonds is 3. The minimum absolute atomic E-state index is 0.873. The van der Waals surface area contributed by atoms with Crippen LogP contribution in [-0.2, 0) is 7.05 Å². The van der Waals surface area contributed by atoms with Gasteiger partial charge in [0.05, 0.1) is 4.88 Å². The van der Waals surface area contributed by atoms with Crippen molar-refractivity contribution in [1.29, 1.82) is 0 Å². The van der Waals surface area contributed by atoms with Crippen molar-refractivity contribution in [2.45, 2.75) is 13.8 Å². The van der Waals surface area contributed by atoms with Gasteiger partial charge in [-0.15, -0.1) is 21.5 Å². The molecule has 0 aliphatic carbocycles. The third-order valence-corrected chi connectivity index (χ3v) is 5.55. The first-order chi connectivity index (χ1) is 8.04. The Morgan fingerprint density at radius 1 is 1.35 bits per heavy atom. The number of anilines is 1. The standard InChI is InChI=1S/C10H14N4S3/c1-5-13(3)9-12-11-8(17-9)7-6(2)14(4)10(15)16-7/h5H2,1-4H3. The topological polar surface area (TPSA) is 34.0 Å². The van der Waals surface area contributed by atoms with Gasteiger partial charge >= 0.3 is 0 Å². The van der Waals surface area contributed by atoms with Crippen molar-refractivity contribution in [2.75, 3.05) is 18.5 Å². The highest BCUT2D eigenvalue weighted by Gasteiger charge is 2.14. The maximum Gasteiger partial charge on any atom is 0.208 e. The van der Waals surface area contributed by atoms with Crippen LogP contribution < -0.4 is 4.90 Å². The first-order valence-electron chi connectivity index (χ1n) is 5.26. The molecule has 0 unspecified atom stereocenters. The van der Waals surface area contributed by atoms with Crippen LogP contribution in [-0.4, -0.2) is 28.4 Å². The molecule has 2 aromatic rings. The summed E-state index contributed by atoms with van der Waals surface area (Å²) in [4.78, 5) is 3.21. The van der Waals surface area contributed by atoms with Crippen LogP contribution >= 0.6 is 34.9 Å². The zero-order chi connectivity index (χ0) is 12.6. The molecule has 7 heteroatoms. The molecule has 0 aliphatic rings. The second kappa shape index (κ2) is 4.83. The summed E-state index contributed by atoms with van der Waals surface area (Å²) < 4.78 is 2.89. The van der Waals surface area contributed by atoms with Crippen molar-refractivity contribution in [1.82, 2.24) is 14.8 Å². The van der Waals surface area contributed by atoms with Crippen LogP contribution in [0.15, 0.2) is 0 Å². The summed E-state index contributed by atoms with van der Waals surface area (Å²) >= 11 is 8.47. The smallest absolute Gasteiger partial charge is 0.208 e. The fraction of sp³-hybridized carbons (Fsp3) is 0.500. The van der Waals surface area contributed by atoms with Crippen LogP contribution in [0, 0.1) is 10.9 Å². The molecular formula is C10H14N4S3. The van der Waals surface area contributed by atoms with Crippen molar-refractivity contribution in [3.8, 4) is 9.88 Å². The predicted molar refractivity (Wildman–Crippen MR) is 76.7 cm³/mol. The second-order valence-electron chi connectivity index (χ2n) is 3.75. The fourth-order valence-electron chi connectivity index (χ4n) is 1.31. The maximum absolute atomic E-state index is 5.27. The van der Waals surface area contributed by atoms with Crippen molar-refractivity contribution in [3.05, 3.63) is 9.65 Å². The lowest BCUT2D eigenvalue weighted by Crippen LogP contribution is -2.15. The van der Waals surface area contributed by atoms with Gasteiger partial charge in [-0.25, -0.2) is 0 Å². The van der Waals surface area contributed by atoms with E-state index in [4.69, 9.17) is 12.2 Å². The lowest BCUT2D eigenvalue weighted by atomic mass is 10.4. The lowest BCUT2D eigenvalue weighted by Gasteiger charge is -2.09. The Bertz CT molecular complexity index is 581. The van der Waals surface area contributed by atoms with E-state index in [0.29, 0.717) is 0 Å². The minimum atomic E-state index is 0.873. The van der Waals surface area contributed by atoms with Crippen LogP contribution in [0.5, 0.6) is 0 Å². The van der Waals surface area contributed by atoms with Crippen LogP contribution in [0.3, 0.4) is 0 Å². The summed E-state index contributed by atoms with van der Waals surface area (Å²) in [6.07, 6.45) is 0. The Kier molecular flexibility index (Phi) is 3.60. The summed E-state index contributed by atoms with van der Waals surface area (Å²) in [5.41, 5.74) is 1.15. The van der Waals surface area contributed by atoms with Crippen LogP contribution in [0.1, 0.15) is 12.6 Å². The molecular weight excluding hydrogens is 272 g/mol. The molecule has 0 fully saturated rings. The third-order valence-electron chi connectivity index (χ3n) is 2.70. The van der Waals surface area contributed by atoms with Crippen LogP contribution in [0.25, 0.3) is 9.88 Å². The Morgan fingerprint density at radius 2 is 2.06 bits per heavy atom. The second-order valence-corrected chi connectivity index (χ2v) is 6.35. The van der Waals surface area contributed by atoms with Crippen molar-refractivity contribution >= 4 is 40.0 Å². The zero-order valence-corrected chi connectivity index (χ0v) is 12.7. The maximum atomic E-state index is 5.27. The van der Waals surface area contributed by atoms with E-state index in [2.05, 4.69) is 28.9 Å². The molecule has 92 valence electrons. The lowest BCUT2D eigenvalue weighted by molar-refractivity contribution is 0.874. The molecule has 4 nitrogen and oxygen atoms in total. The molecule has 0 saturated heterocycles. The number of thiazole rings is 1. The Morgan fingerprint density at radius 3 is 2.59 bits per heavy atom. The third kappa shape index (κ3) is 2.27. The van der Waals surface area contributed by atoms with Gasteiger partial charge in [0.2, 0.25) is 5.13 Å². The minimum Gasteiger partial charge on any atom is -0.350 e. The zero-order valence-electron chi connectivity index (χ0n) is 10.2. The summed E-state index contributed by atoms with van der Waals surface area (Å²) in [6.45, 7) is 5.09. The van der Waals surface area contributed by atoms with Crippen LogP contribution in [0.2, 0.25) is 0 Å². The molecule has 0 spiro atoms. The molecule has 2 rings (SSSR count). The van der Waals surface area contributed by atoms with E-state index in [-0.39, 0.29) is 0 Å². The monoisotopic (exact) mass is 286 g/mol. The normalized spacial score (nSPS) is 10.8. The molecule has 0 N–H and O–H groups in total. The fourth-order valence-corrected chi connectivity index (χ4v) is 3.67. The van der Waals surface area contributed by atoms with E-state index < -0.39 is 0 Å². The Balaban J connectivity index is 2.44. The summed E-state index contributed by atoms with van der Waals surface area (Å²) in [6, 6.07) is 0. The number of nitrogens with zero attached hydrogens (tertiary/aromatic N) is 4. The average Bonchev–Trinajstić information content (AvgIpc) is 2.89. The molecule has 0 saturated carbocycles. The molecule has 0 radical (unpaired) electrons. The largest absolute Gasteiger partial charge is 0.350 e. The van der Waals surface area contributed by atoms with E-state index in [1.54, 1.807) is 22.7 Å². The Hall–Kier alpha value is -0.790. The molecule has 17 heavy (non-hydrogen) atoms. The number of hydrogen-bond acceptors (Lipinski definition) is 6. The van der Waals surface area contributed by atoms with Gasteiger partial charge in [-0.3, -0.25) is 0 Å². The summed E-state index contributed by atoms with van der Waals surface area (Å²) in [7, 11) is 4.00. The highest BCUT2D eigenvalue weighted by Crippen LogP contribution is 2.34. The van der Waals surface area contributed by atoms with E-state index in [1.165, 1.54) is 0 Å². The van der Waals surface area contributed by atoms with E-state index in [0.717, 1.165) is 31.2 Å². The van der Waals surface area contributed by atoms with Gasteiger partial charge in [0.1, 0.15) is 0 Å². The van der Waals surface area contributed by atoms with E-state index in [9.17, 15) is 0 Å². The van der Waals surface area contributed by atoms with Crippen molar-refractivity contribution in [3.63, 3.8) is 0 Å². The first kappa shape index (κ1) is 12.7. The van der Waals surface area contributed by atoms with Crippen LogP contribution in [0.4, 0.5) is 5.13 Å². The highest BCUT2D eigenvalue weighted by atomic mass is 32.1. The molecule has 2 aromatic heterocycles. The number of aromatic nitrogens is 3. The first-order valence-corrected chi connectivity index (χ1v) is 7.30. The predicted octanol–water partition coefficient (Wildman–Crippen LogP) is 3.10.